The molecule has 3 rings (SSSR count). The van der Waals surface area contributed by atoms with Crippen molar-refractivity contribution in [3.05, 3.63) is 65.5 Å². The number of carbonyl (C=O) groups is 1. The quantitative estimate of drug-likeness (QED) is 0.799. The number of nitrogens with zero attached hydrogens (tertiary/aromatic N) is 1. The second kappa shape index (κ2) is 5.79. The van der Waals surface area contributed by atoms with Crippen molar-refractivity contribution in [1.29, 1.82) is 0 Å². The van der Waals surface area contributed by atoms with Crippen LogP contribution in [0.4, 0.5) is 0 Å². The summed E-state index contributed by atoms with van der Waals surface area (Å²) in [5, 5.41) is 2.83. The summed E-state index contributed by atoms with van der Waals surface area (Å²) in [5.41, 5.74) is 3.72. The molecule has 0 atom stereocenters. The predicted molar refractivity (Wildman–Crippen MR) is 80.7 cm³/mol. The highest BCUT2D eigenvalue weighted by atomic mass is 16.3. The van der Waals surface area contributed by atoms with Gasteiger partial charge in [-0.25, -0.2) is 4.98 Å². The number of para-hydroxylation sites is 2. The second-order valence-corrected chi connectivity index (χ2v) is 5.01. The lowest BCUT2D eigenvalue weighted by Gasteiger charge is -2.03. The highest BCUT2D eigenvalue weighted by Gasteiger charge is 2.07. The summed E-state index contributed by atoms with van der Waals surface area (Å²) in [7, 11) is 0. The number of hydrogen-bond donors (Lipinski definition) is 1. The molecule has 1 N–H and O–H groups in total. The Morgan fingerprint density at radius 1 is 1.14 bits per heavy atom. The smallest absolute Gasteiger partial charge is 0.224 e. The van der Waals surface area contributed by atoms with Gasteiger partial charge in [-0.1, -0.05) is 42.0 Å². The molecule has 3 aromatic rings. The number of rotatable bonds is 4. The Balaban J connectivity index is 1.59. The molecule has 1 aromatic heterocycles. The van der Waals surface area contributed by atoms with Crippen LogP contribution in [0.2, 0.25) is 0 Å². The van der Waals surface area contributed by atoms with Crippen LogP contribution in [0.15, 0.2) is 52.9 Å². The van der Waals surface area contributed by atoms with Crippen LogP contribution in [0.1, 0.15) is 17.0 Å². The molecule has 4 nitrogen and oxygen atoms in total. The summed E-state index contributed by atoms with van der Waals surface area (Å²) < 4.78 is 5.56. The average molecular weight is 280 g/mol. The molecule has 21 heavy (non-hydrogen) atoms. The zero-order valence-corrected chi connectivity index (χ0v) is 11.8. The van der Waals surface area contributed by atoms with E-state index in [1.807, 2.05) is 55.5 Å². The molecule has 0 aliphatic rings. The molecule has 0 unspecified atom stereocenters. The van der Waals surface area contributed by atoms with Gasteiger partial charge in [-0.05, 0) is 24.6 Å². The van der Waals surface area contributed by atoms with E-state index >= 15 is 0 Å². The Hall–Kier alpha value is -2.62. The Bertz CT molecular complexity index is 727. The topological polar surface area (TPSA) is 55.1 Å². The first-order valence-electron chi connectivity index (χ1n) is 6.87. The number of hydrogen-bond acceptors (Lipinski definition) is 3. The van der Waals surface area contributed by atoms with Crippen molar-refractivity contribution < 1.29 is 9.21 Å². The third-order valence-corrected chi connectivity index (χ3v) is 3.26. The van der Waals surface area contributed by atoms with Crippen molar-refractivity contribution >= 4 is 17.0 Å². The van der Waals surface area contributed by atoms with E-state index in [1.54, 1.807) is 0 Å². The highest BCUT2D eigenvalue weighted by molar-refractivity contribution is 5.78. The monoisotopic (exact) mass is 280 g/mol. The Morgan fingerprint density at radius 3 is 2.67 bits per heavy atom. The van der Waals surface area contributed by atoms with Crippen LogP contribution in [0.25, 0.3) is 11.1 Å². The summed E-state index contributed by atoms with van der Waals surface area (Å²) in [6.07, 6.45) is 0.362. The number of benzene rings is 2. The van der Waals surface area contributed by atoms with Crippen molar-refractivity contribution in [2.75, 3.05) is 0 Å². The number of carbonyl (C=O) groups excluding carboxylic acids is 1. The minimum atomic E-state index is -0.0406. The zero-order chi connectivity index (χ0) is 14.7. The molecule has 2 aromatic carbocycles. The van der Waals surface area contributed by atoms with Crippen molar-refractivity contribution in [1.82, 2.24) is 10.3 Å². The van der Waals surface area contributed by atoms with Crippen LogP contribution >= 0.6 is 0 Å². The van der Waals surface area contributed by atoms with Crippen molar-refractivity contribution in [3.8, 4) is 0 Å². The third-order valence-electron chi connectivity index (χ3n) is 3.26. The van der Waals surface area contributed by atoms with Crippen LogP contribution in [-0.4, -0.2) is 10.9 Å². The van der Waals surface area contributed by atoms with Crippen molar-refractivity contribution in [3.63, 3.8) is 0 Å². The van der Waals surface area contributed by atoms with Gasteiger partial charge in [0.05, 0.1) is 13.0 Å². The Kier molecular flexibility index (Phi) is 3.69. The Labute approximate surface area is 122 Å². The maximum Gasteiger partial charge on any atom is 0.224 e. The van der Waals surface area contributed by atoms with E-state index in [-0.39, 0.29) is 5.91 Å². The largest absolute Gasteiger partial charge is 0.439 e. The molecule has 1 heterocycles. The van der Waals surface area contributed by atoms with Crippen molar-refractivity contribution in [2.24, 2.45) is 0 Å². The minimum Gasteiger partial charge on any atom is -0.439 e. The summed E-state index contributed by atoms with van der Waals surface area (Å²) in [4.78, 5) is 16.2. The Morgan fingerprint density at radius 2 is 1.90 bits per heavy atom. The van der Waals surface area contributed by atoms with Gasteiger partial charge in [0, 0.05) is 0 Å². The number of amides is 1. The molecule has 0 aliphatic carbocycles. The summed E-state index contributed by atoms with van der Waals surface area (Å²) in [6.45, 7) is 2.33. The average Bonchev–Trinajstić information content (AvgIpc) is 2.90. The summed E-state index contributed by atoms with van der Waals surface area (Å²) >= 11 is 0. The maximum absolute atomic E-state index is 11.9. The molecule has 0 spiro atoms. The van der Waals surface area contributed by atoms with Crippen LogP contribution in [0.3, 0.4) is 0 Å². The number of nitrogens with one attached hydrogen (secondary N) is 1. The molecule has 4 heteroatoms. The van der Waals surface area contributed by atoms with Crippen molar-refractivity contribution in [2.45, 2.75) is 19.9 Å². The van der Waals surface area contributed by atoms with E-state index in [9.17, 15) is 4.79 Å². The first kappa shape index (κ1) is 13.4. The van der Waals surface area contributed by atoms with Gasteiger partial charge in [-0.15, -0.1) is 0 Å². The third kappa shape index (κ3) is 3.28. The van der Waals surface area contributed by atoms with Gasteiger partial charge in [-0.2, -0.15) is 0 Å². The van der Waals surface area contributed by atoms with E-state index in [0.717, 1.165) is 16.7 Å². The number of oxazole rings is 1. The minimum absolute atomic E-state index is 0.0406. The number of fused-ring (bicyclic) bond motifs is 1. The SMILES string of the molecule is Cc1ccc(CC(=O)NCc2nc3ccccc3o2)cc1. The van der Waals surface area contributed by atoms with Gasteiger partial charge < -0.3 is 9.73 Å². The fraction of sp³-hybridized carbons (Fsp3) is 0.176. The molecule has 1 amide bonds. The molecular weight excluding hydrogens is 264 g/mol. The predicted octanol–water partition coefficient (Wildman–Crippen LogP) is 3.00. The first-order valence-corrected chi connectivity index (χ1v) is 6.87. The highest BCUT2D eigenvalue weighted by Crippen LogP contribution is 2.14. The van der Waals surface area contributed by atoms with Gasteiger partial charge in [0.2, 0.25) is 11.8 Å². The lowest BCUT2D eigenvalue weighted by atomic mass is 10.1. The fourth-order valence-electron chi connectivity index (χ4n) is 2.12. The molecule has 106 valence electrons. The molecule has 0 saturated heterocycles. The molecule has 0 saturated carbocycles. The molecule has 0 fully saturated rings. The van der Waals surface area contributed by atoms with Crippen LogP contribution in [0.5, 0.6) is 0 Å². The number of aromatic nitrogens is 1. The lowest BCUT2D eigenvalue weighted by molar-refractivity contribution is -0.120. The normalized spacial score (nSPS) is 10.7. The molecular formula is C17H16N2O2. The first-order chi connectivity index (χ1) is 10.2. The molecule has 0 aliphatic heterocycles. The van der Waals surface area contributed by atoms with Crippen LogP contribution < -0.4 is 5.32 Å². The van der Waals surface area contributed by atoms with Crippen LogP contribution in [-0.2, 0) is 17.8 Å². The van der Waals surface area contributed by atoms with E-state index in [1.165, 1.54) is 5.56 Å². The van der Waals surface area contributed by atoms with E-state index in [0.29, 0.717) is 18.9 Å². The van der Waals surface area contributed by atoms with Gasteiger partial charge in [-0.3, -0.25) is 4.79 Å². The van der Waals surface area contributed by atoms with Gasteiger partial charge >= 0.3 is 0 Å². The molecule has 0 bridgehead atoms. The van der Waals surface area contributed by atoms with E-state index in [2.05, 4.69) is 10.3 Å². The van der Waals surface area contributed by atoms with Crippen LogP contribution in [0, 0.1) is 6.92 Å². The van der Waals surface area contributed by atoms with Gasteiger partial charge in [0.25, 0.3) is 0 Å². The fourth-order valence-corrected chi connectivity index (χ4v) is 2.12. The van der Waals surface area contributed by atoms with Gasteiger partial charge in [0.1, 0.15) is 5.52 Å². The maximum atomic E-state index is 11.9. The lowest BCUT2D eigenvalue weighted by Crippen LogP contribution is -2.24. The standard InChI is InChI=1S/C17H16N2O2/c1-12-6-8-13(9-7-12)10-16(20)18-11-17-19-14-4-2-3-5-15(14)21-17/h2-9H,10-11H2,1H3,(H,18,20). The van der Waals surface area contributed by atoms with Gasteiger partial charge in [0.15, 0.2) is 5.58 Å². The summed E-state index contributed by atoms with van der Waals surface area (Å²) in [6, 6.07) is 15.5. The van der Waals surface area contributed by atoms with E-state index < -0.39 is 0 Å². The van der Waals surface area contributed by atoms with E-state index in [4.69, 9.17) is 4.42 Å². The number of aryl methyl sites for hydroxylation is 1. The zero-order valence-electron chi connectivity index (χ0n) is 11.8. The summed E-state index contributed by atoms with van der Waals surface area (Å²) in [5.74, 6) is 0.481. The molecule has 0 radical (unpaired) electrons. The second-order valence-electron chi connectivity index (χ2n) is 5.01.